The van der Waals surface area contributed by atoms with E-state index < -0.39 is 11.5 Å². The van der Waals surface area contributed by atoms with Gasteiger partial charge >= 0.3 is 5.97 Å². The fourth-order valence-corrected chi connectivity index (χ4v) is 3.45. The highest BCUT2D eigenvalue weighted by Crippen LogP contribution is 2.28. The lowest BCUT2D eigenvalue weighted by molar-refractivity contribution is -0.153. The van der Waals surface area contributed by atoms with Crippen LogP contribution in [0.5, 0.6) is 0 Å². The van der Waals surface area contributed by atoms with Crippen LogP contribution in [-0.2, 0) is 23.1 Å². The van der Waals surface area contributed by atoms with Crippen molar-refractivity contribution in [2.75, 3.05) is 39.4 Å². The van der Waals surface area contributed by atoms with Crippen molar-refractivity contribution in [3.63, 3.8) is 0 Å². The summed E-state index contributed by atoms with van der Waals surface area (Å²) in [6.07, 6.45) is 2.48. The van der Waals surface area contributed by atoms with Gasteiger partial charge in [0.2, 0.25) is 0 Å². The van der Waals surface area contributed by atoms with Crippen LogP contribution in [0.2, 0.25) is 0 Å². The van der Waals surface area contributed by atoms with Crippen molar-refractivity contribution in [2.45, 2.75) is 25.4 Å². The van der Waals surface area contributed by atoms with Gasteiger partial charge in [-0.2, -0.15) is 5.10 Å². The van der Waals surface area contributed by atoms with Gasteiger partial charge in [-0.3, -0.25) is 19.3 Å². The van der Waals surface area contributed by atoms with Gasteiger partial charge in [-0.25, -0.2) is 0 Å². The number of hydrogen-bond donors (Lipinski definition) is 1. The smallest absolute Gasteiger partial charge is 0.326 e. The maximum absolute atomic E-state index is 11.7. The number of aryl methyl sites for hydroxylation is 2. The molecule has 0 saturated carbocycles. The van der Waals surface area contributed by atoms with Crippen LogP contribution in [0.25, 0.3) is 0 Å². The summed E-state index contributed by atoms with van der Waals surface area (Å²) >= 11 is 0. The van der Waals surface area contributed by atoms with Crippen LogP contribution in [0.3, 0.4) is 0 Å². The number of rotatable bonds is 4. The maximum Gasteiger partial charge on any atom is 0.326 e. The first kappa shape index (κ1) is 15.5. The number of hydrogen-bond acceptors (Lipinski definition) is 5. The third-order valence-electron chi connectivity index (χ3n) is 5.02. The summed E-state index contributed by atoms with van der Waals surface area (Å²) < 4.78 is 7.29. The number of carboxylic acid groups (broad SMARTS) is 1. The number of nitrogens with zero attached hydrogens (tertiary/aromatic N) is 4. The fraction of sp³-hybridized carbons (Fsp3) is 0.733. The van der Waals surface area contributed by atoms with Crippen LogP contribution < -0.4 is 0 Å². The second-order valence-electron chi connectivity index (χ2n) is 6.30. The standard InChI is InChI=1S/C15H24N4O3/c1-12-9-16-17(2)13(12)10-18-4-6-19(7-5-18)15(14(20)21)3-8-22-11-15/h9H,3-8,10-11H2,1-2H3,(H,20,21). The molecule has 1 unspecified atom stereocenters. The lowest BCUT2D eigenvalue weighted by Crippen LogP contribution is -2.61. The predicted molar refractivity (Wildman–Crippen MR) is 80.6 cm³/mol. The van der Waals surface area contributed by atoms with Gasteiger partial charge in [-0.05, 0) is 12.5 Å². The molecule has 122 valence electrons. The molecule has 0 aliphatic carbocycles. The number of aromatic nitrogens is 2. The third-order valence-corrected chi connectivity index (χ3v) is 5.02. The largest absolute Gasteiger partial charge is 0.480 e. The van der Waals surface area contributed by atoms with Crippen LogP contribution in [0.4, 0.5) is 0 Å². The molecule has 1 aromatic heterocycles. The highest BCUT2D eigenvalue weighted by molar-refractivity contribution is 5.79. The van der Waals surface area contributed by atoms with E-state index in [0.717, 1.165) is 32.7 Å². The van der Waals surface area contributed by atoms with E-state index in [1.807, 2.05) is 17.9 Å². The van der Waals surface area contributed by atoms with Crippen molar-refractivity contribution >= 4 is 5.97 Å². The molecule has 1 atom stereocenters. The van der Waals surface area contributed by atoms with Gasteiger partial charge in [-0.1, -0.05) is 0 Å². The molecule has 22 heavy (non-hydrogen) atoms. The minimum atomic E-state index is -0.811. The molecule has 0 radical (unpaired) electrons. The molecule has 3 heterocycles. The molecule has 2 fully saturated rings. The zero-order valence-corrected chi connectivity index (χ0v) is 13.3. The molecular weight excluding hydrogens is 284 g/mol. The summed E-state index contributed by atoms with van der Waals surface area (Å²) in [6.45, 7) is 7.09. The molecule has 1 aromatic rings. The van der Waals surface area contributed by atoms with Crippen molar-refractivity contribution < 1.29 is 14.6 Å². The lowest BCUT2D eigenvalue weighted by Gasteiger charge is -2.42. The Morgan fingerprint density at radius 2 is 2.14 bits per heavy atom. The second kappa shape index (κ2) is 5.98. The first-order chi connectivity index (χ1) is 10.5. The average Bonchev–Trinajstić information content (AvgIpc) is 3.11. The van der Waals surface area contributed by atoms with Crippen LogP contribution in [0.1, 0.15) is 17.7 Å². The number of aliphatic carboxylic acids is 1. The molecule has 0 bridgehead atoms. The Morgan fingerprint density at radius 3 is 2.64 bits per heavy atom. The quantitative estimate of drug-likeness (QED) is 0.850. The number of piperazine rings is 1. The summed E-state index contributed by atoms with van der Waals surface area (Å²) in [5.74, 6) is -0.749. The Bertz CT molecular complexity index is 523. The van der Waals surface area contributed by atoms with Crippen molar-refractivity contribution in [1.29, 1.82) is 0 Å². The molecule has 7 heteroatoms. The van der Waals surface area contributed by atoms with Gasteiger partial charge in [0.1, 0.15) is 5.54 Å². The van der Waals surface area contributed by atoms with E-state index in [9.17, 15) is 9.90 Å². The molecule has 1 N–H and O–H groups in total. The highest BCUT2D eigenvalue weighted by Gasteiger charge is 2.48. The van der Waals surface area contributed by atoms with E-state index >= 15 is 0 Å². The summed E-state index contributed by atoms with van der Waals surface area (Å²) in [4.78, 5) is 16.2. The molecular formula is C15H24N4O3. The van der Waals surface area contributed by atoms with Crippen LogP contribution >= 0.6 is 0 Å². The molecule has 2 saturated heterocycles. The van der Waals surface area contributed by atoms with E-state index in [2.05, 4.69) is 21.8 Å². The lowest BCUT2D eigenvalue weighted by atomic mass is 9.95. The predicted octanol–water partition coefficient (Wildman–Crippen LogP) is 0.0898. The molecule has 3 rings (SSSR count). The normalized spacial score (nSPS) is 27.4. The number of carbonyl (C=O) groups is 1. The second-order valence-corrected chi connectivity index (χ2v) is 6.30. The Kier molecular flexibility index (Phi) is 4.20. The molecule has 0 spiro atoms. The van der Waals surface area contributed by atoms with E-state index in [-0.39, 0.29) is 0 Å². The highest BCUT2D eigenvalue weighted by atomic mass is 16.5. The Morgan fingerprint density at radius 1 is 1.41 bits per heavy atom. The third kappa shape index (κ3) is 2.64. The van der Waals surface area contributed by atoms with Crippen LogP contribution in [0.15, 0.2) is 6.20 Å². The average molecular weight is 308 g/mol. The monoisotopic (exact) mass is 308 g/mol. The van der Waals surface area contributed by atoms with E-state index in [1.54, 1.807) is 0 Å². The van der Waals surface area contributed by atoms with Crippen molar-refractivity contribution in [1.82, 2.24) is 19.6 Å². The van der Waals surface area contributed by atoms with E-state index in [1.165, 1.54) is 11.3 Å². The minimum Gasteiger partial charge on any atom is -0.480 e. The topological polar surface area (TPSA) is 70.8 Å². The van der Waals surface area contributed by atoms with Gasteiger partial charge in [0.15, 0.2) is 0 Å². The summed E-state index contributed by atoms with van der Waals surface area (Å²) in [5.41, 5.74) is 1.62. The fourth-order valence-electron chi connectivity index (χ4n) is 3.45. The van der Waals surface area contributed by atoms with Gasteiger partial charge in [-0.15, -0.1) is 0 Å². The van der Waals surface area contributed by atoms with E-state index in [0.29, 0.717) is 19.6 Å². The first-order valence-corrected chi connectivity index (χ1v) is 7.79. The zero-order valence-electron chi connectivity index (χ0n) is 13.3. The SMILES string of the molecule is Cc1cnn(C)c1CN1CCN(C2(C(=O)O)CCOC2)CC1. The summed E-state index contributed by atoms with van der Waals surface area (Å²) in [7, 11) is 1.97. The van der Waals surface area contributed by atoms with Crippen LogP contribution in [-0.4, -0.2) is 75.6 Å². The molecule has 2 aliphatic rings. The number of ether oxygens (including phenoxy) is 1. The van der Waals surface area contributed by atoms with Crippen molar-refractivity contribution in [2.24, 2.45) is 7.05 Å². The molecule has 7 nitrogen and oxygen atoms in total. The van der Waals surface area contributed by atoms with Gasteiger partial charge in [0.05, 0.1) is 18.5 Å². The first-order valence-electron chi connectivity index (χ1n) is 7.79. The number of carboxylic acids is 1. The van der Waals surface area contributed by atoms with Crippen molar-refractivity contribution in [3.8, 4) is 0 Å². The maximum atomic E-state index is 11.7. The van der Waals surface area contributed by atoms with Crippen molar-refractivity contribution in [3.05, 3.63) is 17.5 Å². The Balaban J connectivity index is 1.62. The van der Waals surface area contributed by atoms with Gasteiger partial charge < -0.3 is 9.84 Å². The van der Waals surface area contributed by atoms with E-state index in [4.69, 9.17) is 4.74 Å². The minimum absolute atomic E-state index is 0.309. The Labute approximate surface area is 130 Å². The molecule has 2 aliphatic heterocycles. The summed E-state index contributed by atoms with van der Waals surface area (Å²) in [6, 6.07) is 0. The zero-order chi connectivity index (χ0) is 15.7. The summed E-state index contributed by atoms with van der Waals surface area (Å²) in [5, 5.41) is 13.9. The van der Waals surface area contributed by atoms with Crippen LogP contribution in [0, 0.1) is 6.92 Å². The van der Waals surface area contributed by atoms with Gasteiger partial charge in [0, 0.05) is 52.8 Å². The molecule has 0 aromatic carbocycles. The Hall–Kier alpha value is -1.44. The molecule has 0 amide bonds. The van der Waals surface area contributed by atoms with Gasteiger partial charge in [0.25, 0.3) is 0 Å².